The molecule has 7 heteroatoms. The van der Waals surface area contributed by atoms with Gasteiger partial charge in [-0.2, -0.15) is 0 Å². The molecule has 0 spiro atoms. The number of anilines is 1. The second kappa shape index (κ2) is 9.35. The highest BCUT2D eigenvalue weighted by atomic mass is 32.1. The lowest BCUT2D eigenvalue weighted by Crippen LogP contribution is -2.29. The Morgan fingerprint density at radius 3 is 2.51 bits per heavy atom. The summed E-state index contributed by atoms with van der Waals surface area (Å²) in [6.07, 6.45) is 0.885. The van der Waals surface area contributed by atoms with Crippen LogP contribution in [0.1, 0.15) is 36.1 Å². The van der Waals surface area contributed by atoms with E-state index < -0.39 is 17.7 Å². The quantitative estimate of drug-likeness (QED) is 0.206. The number of aliphatic hydroxyl groups is 1. The predicted octanol–water partition coefficient (Wildman–Crippen LogP) is 6.02. The number of ketones is 1. The summed E-state index contributed by atoms with van der Waals surface area (Å²) < 4.78 is 6.63. The van der Waals surface area contributed by atoms with E-state index >= 15 is 0 Å². The third-order valence-corrected chi connectivity index (χ3v) is 6.92. The highest BCUT2D eigenvalue weighted by Crippen LogP contribution is 2.44. The van der Waals surface area contributed by atoms with Crippen molar-refractivity contribution in [3.8, 4) is 5.75 Å². The Morgan fingerprint density at radius 2 is 1.80 bits per heavy atom. The summed E-state index contributed by atoms with van der Waals surface area (Å²) in [6, 6.07) is 21.1. The van der Waals surface area contributed by atoms with E-state index in [-0.39, 0.29) is 11.3 Å². The van der Waals surface area contributed by atoms with E-state index in [2.05, 4.69) is 4.98 Å². The number of thiazole rings is 1. The average Bonchev–Trinajstić information content (AvgIpc) is 3.40. The van der Waals surface area contributed by atoms with Crippen molar-refractivity contribution in [3.05, 3.63) is 95.1 Å². The SMILES string of the molecule is CCCOc1ccc(C2/C(=C(\O)c3ccccc3)C(=O)C(=O)N2c2nc3ccc(C)cc3s2)cc1. The number of rotatable bonds is 6. The number of ether oxygens (including phenoxy) is 1. The van der Waals surface area contributed by atoms with Gasteiger partial charge in [0.25, 0.3) is 5.78 Å². The summed E-state index contributed by atoms with van der Waals surface area (Å²) in [5.41, 5.74) is 3.03. The zero-order valence-corrected chi connectivity index (χ0v) is 20.2. The molecule has 35 heavy (non-hydrogen) atoms. The van der Waals surface area contributed by atoms with E-state index in [1.165, 1.54) is 16.2 Å². The number of aromatic nitrogens is 1. The molecule has 1 aliphatic heterocycles. The number of carbonyl (C=O) groups excluding carboxylic acids is 2. The zero-order valence-electron chi connectivity index (χ0n) is 19.4. The van der Waals surface area contributed by atoms with Gasteiger partial charge in [-0.05, 0) is 48.7 Å². The first-order chi connectivity index (χ1) is 17.0. The van der Waals surface area contributed by atoms with Gasteiger partial charge in [-0.1, -0.05) is 66.8 Å². The summed E-state index contributed by atoms with van der Waals surface area (Å²) >= 11 is 1.35. The number of aliphatic hydroxyl groups excluding tert-OH is 1. The van der Waals surface area contributed by atoms with Crippen LogP contribution in [0.15, 0.2) is 78.4 Å². The predicted molar refractivity (Wildman–Crippen MR) is 138 cm³/mol. The van der Waals surface area contributed by atoms with Crippen LogP contribution in [0, 0.1) is 6.92 Å². The second-order valence-electron chi connectivity index (χ2n) is 8.42. The van der Waals surface area contributed by atoms with Crippen LogP contribution in [-0.4, -0.2) is 28.4 Å². The van der Waals surface area contributed by atoms with Crippen molar-refractivity contribution in [1.29, 1.82) is 0 Å². The molecule has 1 aliphatic rings. The summed E-state index contributed by atoms with van der Waals surface area (Å²) in [5, 5.41) is 11.6. The number of fused-ring (bicyclic) bond motifs is 1. The van der Waals surface area contributed by atoms with E-state index in [9.17, 15) is 14.7 Å². The monoisotopic (exact) mass is 484 g/mol. The van der Waals surface area contributed by atoms with Crippen molar-refractivity contribution in [3.63, 3.8) is 0 Å². The van der Waals surface area contributed by atoms with Crippen LogP contribution in [0.5, 0.6) is 5.75 Å². The minimum Gasteiger partial charge on any atom is -0.507 e. The molecule has 0 aliphatic carbocycles. The van der Waals surface area contributed by atoms with Crippen LogP contribution in [0.25, 0.3) is 16.0 Å². The van der Waals surface area contributed by atoms with E-state index in [0.29, 0.717) is 28.6 Å². The molecular weight excluding hydrogens is 460 g/mol. The number of aryl methyl sites for hydroxylation is 1. The molecule has 6 nitrogen and oxygen atoms in total. The second-order valence-corrected chi connectivity index (χ2v) is 9.43. The molecule has 1 amide bonds. The Bertz CT molecular complexity index is 1440. The molecule has 4 aromatic rings. The van der Waals surface area contributed by atoms with E-state index in [1.54, 1.807) is 24.3 Å². The molecule has 1 aromatic heterocycles. The number of carbonyl (C=O) groups is 2. The van der Waals surface area contributed by atoms with Gasteiger partial charge in [-0.25, -0.2) is 4.98 Å². The maximum atomic E-state index is 13.4. The van der Waals surface area contributed by atoms with Crippen LogP contribution in [0.3, 0.4) is 0 Å². The van der Waals surface area contributed by atoms with Crippen molar-refractivity contribution < 1.29 is 19.4 Å². The molecule has 1 fully saturated rings. The van der Waals surface area contributed by atoms with Crippen LogP contribution >= 0.6 is 11.3 Å². The van der Waals surface area contributed by atoms with Crippen molar-refractivity contribution in [2.75, 3.05) is 11.5 Å². The summed E-state index contributed by atoms with van der Waals surface area (Å²) in [5.74, 6) is -0.960. The van der Waals surface area contributed by atoms with Crippen molar-refractivity contribution in [1.82, 2.24) is 4.98 Å². The molecule has 3 aromatic carbocycles. The lowest BCUT2D eigenvalue weighted by Gasteiger charge is -2.23. The van der Waals surface area contributed by atoms with Gasteiger partial charge in [0, 0.05) is 5.56 Å². The molecule has 5 rings (SSSR count). The molecule has 1 N–H and O–H groups in total. The maximum absolute atomic E-state index is 13.4. The van der Waals surface area contributed by atoms with Crippen molar-refractivity contribution in [2.24, 2.45) is 0 Å². The number of hydrogen-bond acceptors (Lipinski definition) is 6. The fourth-order valence-electron chi connectivity index (χ4n) is 4.19. The first-order valence-electron chi connectivity index (χ1n) is 11.4. The molecular formula is C28H24N2O4S. The van der Waals surface area contributed by atoms with Gasteiger partial charge in [0.15, 0.2) is 5.13 Å². The van der Waals surface area contributed by atoms with Crippen molar-refractivity contribution >= 4 is 44.1 Å². The van der Waals surface area contributed by atoms with Gasteiger partial charge in [0.05, 0.1) is 28.4 Å². The Kier molecular flexibility index (Phi) is 6.09. The number of benzene rings is 3. The van der Waals surface area contributed by atoms with Gasteiger partial charge in [0.1, 0.15) is 11.5 Å². The Balaban J connectivity index is 1.67. The molecule has 2 heterocycles. The minimum absolute atomic E-state index is 0.0406. The van der Waals surface area contributed by atoms with Crippen molar-refractivity contribution in [2.45, 2.75) is 26.3 Å². The standard InChI is InChI=1S/C28H24N2O4S/c1-3-15-34-20-12-10-18(11-13-20)24-23(25(31)19-7-5-4-6-8-19)26(32)27(33)30(24)28-29-21-14-9-17(2)16-22(21)35-28/h4-14,16,24,31H,3,15H2,1-2H3/b25-23+. The summed E-state index contributed by atoms with van der Waals surface area (Å²) in [7, 11) is 0. The van der Waals surface area contributed by atoms with E-state index in [1.807, 2.05) is 62.4 Å². The molecule has 1 atom stereocenters. The summed E-state index contributed by atoms with van der Waals surface area (Å²) in [4.78, 5) is 32.7. The first kappa shape index (κ1) is 22.8. The number of nitrogens with zero attached hydrogens (tertiary/aromatic N) is 2. The zero-order chi connectivity index (χ0) is 24.5. The topological polar surface area (TPSA) is 79.7 Å². The average molecular weight is 485 g/mol. The Labute approximate surface area is 207 Å². The number of amides is 1. The highest BCUT2D eigenvalue weighted by molar-refractivity contribution is 7.22. The van der Waals surface area contributed by atoms with Crippen LogP contribution in [0.2, 0.25) is 0 Å². The van der Waals surface area contributed by atoms with E-state index in [4.69, 9.17) is 4.74 Å². The molecule has 0 saturated carbocycles. The lowest BCUT2D eigenvalue weighted by molar-refractivity contribution is -0.132. The Morgan fingerprint density at radius 1 is 1.06 bits per heavy atom. The van der Waals surface area contributed by atoms with Crippen LogP contribution < -0.4 is 9.64 Å². The fraction of sp³-hybridized carbons (Fsp3) is 0.179. The smallest absolute Gasteiger partial charge is 0.301 e. The van der Waals surface area contributed by atoms with Gasteiger partial charge >= 0.3 is 5.91 Å². The normalized spacial score (nSPS) is 17.3. The van der Waals surface area contributed by atoms with Gasteiger partial charge < -0.3 is 9.84 Å². The maximum Gasteiger partial charge on any atom is 0.301 e. The number of hydrogen-bond donors (Lipinski definition) is 1. The molecule has 176 valence electrons. The molecule has 0 bridgehead atoms. The third kappa shape index (κ3) is 4.19. The summed E-state index contributed by atoms with van der Waals surface area (Å²) in [6.45, 7) is 4.62. The van der Waals surface area contributed by atoms with Gasteiger partial charge in [-0.3, -0.25) is 14.5 Å². The van der Waals surface area contributed by atoms with Gasteiger partial charge in [-0.15, -0.1) is 0 Å². The molecule has 1 unspecified atom stereocenters. The fourth-order valence-corrected chi connectivity index (χ4v) is 5.28. The lowest BCUT2D eigenvalue weighted by atomic mass is 9.95. The van der Waals surface area contributed by atoms with E-state index in [0.717, 1.165) is 22.2 Å². The van der Waals surface area contributed by atoms with Gasteiger partial charge in [0.2, 0.25) is 0 Å². The number of Topliss-reactive ketones (excluding diaryl/α,β-unsaturated/α-hetero) is 1. The minimum atomic E-state index is -0.822. The van der Waals surface area contributed by atoms with Crippen LogP contribution in [0.4, 0.5) is 5.13 Å². The largest absolute Gasteiger partial charge is 0.507 e. The molecule has 1 saturated heterocycles. The third-order valence-electron chi connectivity index (χ3n) is 5.90. The first-order valence-corrected chi connectivity index (χ1v) is 12.3. The molecule has 0 radical (unpaired) electrons. The Hall–Kier alpha value is -3.97. The van der Waals surface area contributed by atoms with Crippen LogP contribution in [-0.2, 0) is 9.59 Å². The highest BCUT2D eigenvalue weighted by Gasteiger charge is 2.48.